The Morgan fingerprint density at radius 2 is 2.05 bits per heavy atom. The first-order valence-corrected chi connectivity index (χ1v) is 6.90. The van der Waals surface area contributed by atoms with E-state index >= 15 is 0 Å². The molecular weight excluding hydrogens is 257 g/mol. The third-order valence-electron chi connectivity index (χ3n) is 3.40. The smallest absolute Gasteiger partial charge is 0.220 e. The van der Waals surface area contributed by atoms with E-state index in [1.807, 2.05) is 33.8 Å². The Kier molecular flexibility index (Phi) is 5.69. The molecule has 2 N–H and O–H groups in total. The van der Waals surface area contributed by atoms with E-state index in [2.05, 4.69) is 5.32 Å². The van der Waals surface area contributed by atoms with Crippen LogP contribution in [0, 0.1) is 11.2 Å². The molecule has 0 saturated carbocycles. The largest absolute Gasteiger partial charge is 0.391 e. The highest BCUT2D eigenvalue weighted by Gasteiger charge is 2.22. The van der Waals surface area contributed by atoms with Crippen molar-refractivity contribution in [3.8, 4) is 0 Å². The maximum Gasteiger partial charge on any atom is 0.220 e. The van der Waals surface area contributed by atoms with E-state index in [4.69, 9.17) is 0 Å². The van der Waals surface area contributed by atoms with Crippen LogP contribution in [0.15, 0.2) is 24.3 Å². The lowest BCUT2D eigenvalue weighted by Gasteiger charge is -2.26. The van der Waals surface area contributed by atoms with Crippen LogP contribution < -0.4 is 5.32 Å². The van der Waals surface area contributed by atoms with Crippen molar-refractivity contribution in [3.05, 3.63) is 35.6 Å². The fourth-order valence-corrected chi connectivity index (χ4v) is 1.80. The van der Waals surface area contributed by atoms with Gasteiger partial charge in [0.15, 0.2) is 0 Å². The second kappa shape index (κ2) is 6.84. The van der Waals surface area contributed by atoms with Crippen molar-refractivity contribution in [2.24, 2.45) is 5.41 Å². The van der Waals surface area contributed by atoms with Gasteiger partial charge in [-0.1, -0.05) is 39.8 Å². The monoisotopic (exact) mass is 281 g/mol. The quantitative estimate of drug-likeness (QED) is 0.872. The van der Waals surface area contributed by atoms with Crippen LogP contribution in [-0.2, 0) is 4.79 Å². The van der Waals surface area contributed by atoms with Gasteiger partial charge in [0, 0.05) is 13.0 Å². The average molecular weight is 281 g/mol. The maximum absolute atomic E-state index is 13.1. The zero-order chi connectivity index (χ0) is 15.3. The average Bonchev–Trinajstić information content (AvgIpc) is 2.34. The Morgan fingerprint density at radius 3 is 2.60 bits per heavy atom. The number of halogens is 1. The molecule has 0 spiro atoms. The number of rotatable bonds is 5. The van der Waals surface area contributed by atoms with E-state index in [0.29, 0.717) is 0 Å². The van der Waals surface area contributed by atoms with Crippen molar-refractivity contribution >= 4 is 5.91 Å². The molecular formula is C16H24FNO2. The molecule has 1 rings (SSSR count). The van der Waals surface area contributed by atoms with Gasteiger partial charge in [-0.3, -0.25) is 4.79 Å². The van der Waals surface area contributed by atoms with Gasteiger partial charge in [0.2, 0.25) is 5.91 Å². The molecule has 1 aromatic rings. The van der Waals surface area contributed by atoms with Gasteiger partial charge in [0.25, 0.3) is 0 Å². The number of aliphatic hydroxyl groups excluding tert-OH is 1. The van der Waals surface area contributed by atoms with Crippen LogP contribution in [0.5, 0.6) is 0 Å². The lowest BCUT2D eigenvalue weighted by molar-refractivity contribution is -0.122. The summed E-state index contributed by atoms with van der Waals surface area (Å²) >= 11 is 0. The molecule has 0 fully saturated rings. The molecule has 0 aliphatic heterocycles. The lowest BCUT2D eigenvalue weighted by atomic mass is 9.89. The number of amides is 1. The second-order valence-corrected chi connectivity index (χ2v) is 6.35. The van der Waals surface area contributed by atoms with Crippen LogP contribution >= 0.6 is 0 Å². The van der Waals surface area contributed by atoms with Gasteiger partial charge in [-0.05, 0) is 29.0 Å². The summed E-state index contributed by atoms with van der Waals surface area (Å²) < 4.78 is 13.1. The molecule has 0 saturated heterocycles. The van der Waals surface area contributed by atoms with Gasteiger partial charge >= 0.3 is 0 Å². The van der Waals surface area contributed by atoms with Crippen molar-refractivity contribution in [3.63, 3.8) is 0 Å². The van der Waals surface area contributed by atoms with Crippen LogP contribution in [0.4, 0.5) is 4.39 Å². The highest BCUT2D eigenvalue weighted by molar-refractivity contribution is 5.76. The predicted molar refractivity (Wildman–Crippen MR) is 77.9 cm³/mol. The SMILES string of the molecule is CC(CC(=O)NCC(O)C(C)(C)C)c1cccc(F)c1. The Morgan fingerprint density at radius 1 is 1.40 bits per heavy atom. The summed E-state index contributed by atoms with van der Waals surface area (Å²) in [5.41, 5.74) is 0.540. The molecule has 1 amide bonds. The summed E-state index contributed by atoms with van der Waals surface area (Å²) in [4.78, 5) is 11.8. The van der Waals surface area contributed by atoms with E-state index in [1.54, 1.807) is 6.07 Å². The van der Waals surface area contributed by atoms with Gasteiger partial charge < -0.3 is 10.4 Å². The minimum Gasteiger partial charge on any atom is -0.391 e. The second-order valence-electron chi connectivity index (χ2n) is 6.35. The lowest BCUT2D eigenvalue weighted by Crippen LogP contribution is -2.39. The topological polar surface area (TPSA) is 49.3 Å². The normalized spacial score (nSPS) is 14.7. The standard InChI is InChI=1S/C16H24FNO2/c1-11(12-6-5-7-13(17)9-12)8-15(20)18-10-14(19)16(2,3)4/h5-7,9,11,14,19H,8,10H2,1-4H3,(H,18,20). The van der Waals surface area contributed by atoms with Crippen LogP contribution in [0.3, 0.4) is 0 Å². The van der Waals surface area contributed by atoms with E-state index < -0.39 is 6.10 Å². The molecule has 0 aromatic heterocycles. The zero-order valence-electron chi connectivity index (χ0n) is 12.6. The van der Waals surface area contributed by atoms with Gasteiger partial charge in [-0.2, -0.15) is 0 Å². The molecule has 4 heteroatoms. The third kappa shape index (κ3) is 5.29. The van der Waals surface area contributed by atoms with Crippen LogP contribution in [0.25, 0.3) is 0 Å². The number of carbonyl (C=O) groups excluding carboxylic acids is 1. The minimum atomic E-state index is -0.587. The van der Waals surface area contributed by atoms with Gasteiger partial charge in [-0.25, -0.2) is 4.39 Å². The van der Waals surface area contributed by atoms with E-state index in [-0.39, 0.29) is 36.0 Å². The van der Waals surface area contributed by atoms with E-state index in [1.165, 1.54) is 12.1 Å². The highest BCUT2D eigenvalue weighted by atomic mass is 19.1. The van der Waals surface area contributed by atoms with Crippen LogP contribution in [0.2, 0.25) is 0 Å². The first kappa shape index (κ1) is 16.6. The molecule has 0 bridgehead atoms. The fourth-order valence-electron chi connectivity index (χ4n) is 1.80. The number of hydrogen-bond acceptors (Lipinski definition) is 2. The molecule has 1 aromatic carbocycles. The number of aliphatic hydroxyl groups is 1. The summed E-state index contributed by atoms with van der Waals surface area (Å²) in [7, 11) is 0. The van der Waals surface area contributed by atoms with Crippen molar-refractivity contribution in [2.45, 2.75) is 46.1 Å². The van der Waals surface area contributed by atoms with Crippen molar-refractivity contribution in [2.75, 3.05) is 6.54 Å². The molecule has 2 unspecified atom stereocenters. The first-order chi connectivity index (χ1) is 9.20. The van der Waals surface area contributed by atoms with Crippen LogP contribution in [-0.4, -0.2) is 23.7 Å². The number of nitrogens with one attached hydrogen (secondary N) is 1. The fraction of sp³-hybridized carbons (Fsp3) is 0.562. The van der Waals surface area contributed by atoms with Crippen molar-refractivity contribution in [1.82, 2.24) is 5.32 Å². The number of hydrogen-bond donors (Lipinski definition) is 2. The van der Waals surface area contributed by atoms with Crippen molar-refractivity contribution < 1.29 is 14.3 Å². The third-order valence-corrected chi connectivity index (χ3v) is 3.40. The number of carbonyl (C=O) groups is 1. The summed E-state index contributed by atoms with van der Waals surface area (Å²) in [5, 5.41) is 12.6. The Bertz CT molecular complexity index is 454. The maximum atomic E-state index is 13.1. The number of benzene rings is 1. The molecule has 2 atom stereocenters. The molecule has 0 radical (unpaired) electrons. The highest BCUT2D eigenvalue weighted by Crippen LogP contribution is 2.20. The molecule has 112 valence electrons. The Labute approximate surface area is 120 Å². The minimum absolute atomic E-state index is 0.0579. The summed E-state index contributed by atoms with van der Waals surface area (Å²) in [5.74, 6) is -0.486. The van der Waals surface area contributed by atoms with Gasteiger partial charge in [-0.15, -0.1) is 0 Å². The Balaban J connectivity index is 2.46. The molecule has 0 aliphatic carbocycles. The summed E-state index contributed by atoms with van der Waals surface area (Å²) in [6.45, 7) is 7.87. The molecule has 0 aliphatic rings. The van der Waals surface area contributed by atoms with Crippen molar-refractivity contribution in [1.29, 1.82) is 0 Å². The first-order valence-electron chi connectivity index (χ1n) is 6.90. The van der Waals surface area contributed by atoms with Gasteiger partial charge in [0.1, 0.15) is 5.82 Å². The molecule has 0 heterocycles. The molecule has 3 nitrogen and oxygen atoms in total. The summed E-state index contributed by atoms with van der Waals surface area (Å²) in [6, 6.07) is 6.28. The predicted octanol–water partition coefficient (Wildman–Crippen LogP) is 2.84. The molecule has 20 heavy (non-hydrogen) atoms. The van der Waals surface area contributed by atoms with Crippen LogP contribution in [0.1, 0.15) is 45.6 Å². The Hall–Kier alpha value is -1.42. The van der Waals surface area contributed by atoms with Gasteiger partial charge in [0.05, 0.1) is 6.10 Å². The van der Waals surface area contributed by atoms with E-state index in [9.17, 15) is 14.3 Å². The summed E-state index contributed by atoms with van der Waals surface area (Å²) in [6.07, 6.45) is -0.309. The van der Waals surface area contributed by atoms with E-state index in [0.717, 1.165) is 5.56 Å². The zero-order valence-corrected chi connectivity index (χ0v) is 12.6.